The minimum Gasteiger partial charge on any atom is -0.429 e. The third kappa shape index (κ3) is 40.8. The van der Waals surface area contributed by atoms with Crippen molar-refractivity contribution in [3.8, 4) is 23.0 Å². The summed E-state index contributed by atoms with van der Waals surface area (Å²) in [4.78, 5) is 50.7. The van der Waals surface area contributed by atoms with E-state index in [2.05, 4.69) is 169 Å². The molecule has 0 saturated carbocycles. The summed E-state index contributed by atoms with van der Waals surface area (Å²) in [5.74, 6) is 0.152. The monoisotopic (exact) mass is 1880 g/mol. The first kappa shape index (κ1) is 108. The average Bonchev–Trinajstić information content (AvgIpc) is 0.831. The molecule has 2 N–H and O–H groups in total. The van der Waals surface area contributed by atoms with Crippen molar-refractivity contribution in [1.29, 1.82) is 0 Å². The van der Waals surface area contributed by atoms with Gasteiger partial charge in [-0.1, -0.05) is 227 Å². The van der Waals surface area contributed by atoms with Gasteiger partial charge in [0.15, 0.2) is 0 Å². The van der Waals surface area contributed by atoms with E-state index in [9.17, 15) is 63.1 Å². The number of hydrogen-bond donors (Lipinski definition) is 2. The summed E-state index contributed by atoms with van der Waals surface area (Å²) in [6.07, 6.45) is -0.326. The second-order valence-corrected chi connectivity index (χ2v) is 36.0. The zero-order valence-corrected chi connectivity index (χ0v) is 79.6. The SMILES string of the molecule is CC(C)c1ccc(CCCCCN(Cc2ccc(OC=O)cc2)Cc2cc(F)cc(F)c2)cc1.Cc1cc(CN(CCNCc2ccc(C(C)(C)C)cc2)Cc2ccc(OC=O)cc2)cc(C(F)(F)F)c1.Cc1ccc(CCCCCN(Cc2ccc(OC=O)cc2)Cc2cc(F)cc(F)c2)cc1.Cc1ccc(CNCCN(Cc2ccc(OC=O)cc2)Cc2cc(C)cc(C(F)(F)F)c2)cc1. The fourth-order valence-corrected chi connectivity index (χ4v) is 15.8. The molecule has 137 heavy (non-hydrogen) atoms. The summed E-state index contributed by atoms with van der Waals surface area (Å²) in [5, 5.41) is 6.87. The van der Waals surface area contributed by atoms with Crippen LogP contribution in [0.15, 0.2) is 267 Å². The number of halogens is 10. The molecule has 0 atom stereocenters. The van der Waals surface area contributed by atoms with Crippen LogP contribution in [0.1, 0.15) is 190 Å². The van der Waals surface area contributed by atoms with Gasteiger partial charge in [0.2, 0.25) is 0 Å². The lowest BCUT2D eigenvalue weighted by molar-refractivity contribution is -0.138. The number of hydrogen-bond acceptors (Lipinski definition) is 14. The predicted molar refractivity (Wildman–Crippen MR) is 521 cm³/mol. The normalized spacial score (nSPS) is 11.5. The summed E-state index contributed by atoms with van der Waals surface area (Å²) < 4.78 is 154. The Balaban J connectivity index is 0.000000205. The van der Waals surface area contributed by atoms with Gasteiger partial charge in [0.1, 0.15) is 46.3 Å². The Kier molecular flexibility index (Phi) is 44.0. The highest BCUT2D eigenvalue weighted by Crippen LogP contribution is 2.34. The molecule has 12 aromatic rings. The van der Waals surface area contributed by atoms with Crippen molar-refractivity contribution in [3.05, 3.63) is 401 Å². The molecule has 0 aliphatic carbocycles. The first-order valence-electron chi connectivity index (χ1n) is 46.2. The van der Waals surface area contributed by atoms with Gasteiger partial charge in [0.25, 0.3) is 25.9 Å². The van der Waals surface area contributed by atoms with Gasteiger partial charge >= 0.3 is 12.4 Å². The predicted octanol–water partition coefficient (Wildman–Crippen LogP) is 25.6. The molecule has 24 heteroatoms. The van der Waals surface area contributed by atoms with E-state index in [0.29, 0.717) is 180 Å². The van der Waals surface area contributed by atoms with Crippen molar-refractivity contribution < 1.29 is 82.0 Å². The first-order chi connectivity index (χ1) is 65.6. The number of carbonyl (C=O) groups excluding carboxylic acids is 4. The maximum Gasteiger partial charge on any atom is 0.416 e. The molecule has 0 unspecified atom stereocenters. The topological polar surface area (TPSA) is 142 Å². The second kappa shape index (κ2) is 55.7. The quantitative estimate of drug-likeness (QED) is 0.0212. The van der Waals surface area contributed by atoms with E-state index in [0.717, 1.165) is 98.8 Å². The maximum atomic E-state index is 13.7. The average molecular weight is 1890 g/mol. The van der Waals surface area contributed by atoms with Crippen LogP contribution in [-0.4, -0.2) is 84.8 Å². The van der Waals surface area contributed by atoms with Crippen LogP contribution in [0.2, 0.25) is 0 Å². The van der Waals surface area contributed by atoms with Gasteiger partial charge in [-0.05, 0) is 266 Å². The van der Waals surface area contributed by atoms with Crippen LogP contribution in [0.4, 0.5) is 43.9 Å². The zero-order chi connectivity index (χ0) is 98.7. The minimum atomic E-state index is -4.38. The van der Waals surface area contributed by atoms with Gasteiger partial charge in [0, 0.05) is 104 Å². The van der Waals surface area contributed by atoms with Gasteiger partial charge in [-0.2, -0.15) is 26.3 Å². The van der Waals surface area contributed by atoms with Crippen molar-refractivity contribution in [1.82, 2.24) is 30.2 Å². The van der Waals surface area contributed by atoms with E-state index >= 15 is 0 Å². The number of aryl methyl sites for hydroxylation is 6. The number of ether oxygens (including phenoxy) is 4. The highest BCUT2D eigenvalue weighted by molar-refractivity contribution is 5.48. The summed E-state index contributed by atoms with van der Waals surface area (Å²) in [7, 11) is 0. The van der Waals surface area contributed by atoms with E-state index in [4.69, 9.17) is 18.9 Å². The molecular formula is C113H126F10N6O8. The number of alkyl halides is 6. The lowest BCUT2D eigenvalue weighted by Gasteiger charge is -2.24. The highest BCUT2D eigenvalue weighted by Gasteiger charge is 2.33. The van der Waals surface area contributed by atoms with Crippen molar-refractivity contribution in [2.75, 3.05) is 39.3 Å². The summed E-state index contributed by atoms with van der Waals surface area (Å²) in [6, 6.07) is 78.8. The summed E-state index contributed by atoms with van der Waals surface area (Å²) >= 11 is 0. The Hall–Kier alpha value is -12.4. The van der Waals surface area contributed by atoms with E-state index in [1.54, 1.807) is 74.5 Å². The number of nitrogens with one attached hydrogen (secondary N) is 2. The Bertz CT molecular complexity index is 5590. The van der Waals surface area contributed by atoms with Crippen LogP contribution in [0, 0.1) is 51.0 Å². The van der Waals surface area contributed by atoms with E-state index < -0.39 is 46.7 Å². The Morgan fingerprint density at radius 3 is 0.847 bits per heavy atom. The molecule has 0 amide bonds. The van der Waals surface area contributed by atoms with E-state index in [-0.39, 0.29) is 5.41 Å². The molecule has 12 aromatic carbocycles. The number of benzene rings is 12. The molecule has 0 heterocycles. The lowest BCUT2D eigenvalue weighted by atomic mass is 9.87. The molecule has 12 rings (SSSR count). The molecule has 0 fully saturated rings. The van der Waals surface area contributed by atoms with Crippen molar-refractivity contribution in [2.45, 2.75) is 203 Å². The fourth-order valence-electron chi connectivity index (χ4n) is 15.8. The van der Waals surface area contributed by atoms with Crippen LogP contribution in [0.3, 0.4) is 0 Å². The lowest BCUT2D eigenvalue weighted by Crippen LogP contribution is -2.31. The third-order valence-electron chi connectivity index (χ3n) is 22.9. The summed E-state index contributed by atoms with van der Waals surface area (Å²) in [6.45, 7) is 29.7. The van der Waals surface area contributed by atoms with Crippen molar-refractivity contribution in [2.24, 2.45) is 0 Å². The Morgan fingerprint density at radius 2 is 0.555 bits per heavy atom. The van der Waals surface area contributed by atoms with Crippen LogP contribution in [-0.2, 0) is 115 Å². The molecule has 14 nitrogen and oxygen atoms in total. The largest absolute Gasteiger partial charge is 0.429 e. The van der Waals surface area contributed by atoms with Gasteiger partial charge < -0.3 is 29.6 Å². The van der Waals surface area contributed by atoms with Gasteiger partial charge in [-0.15, -0.1) is 0 Å². The van der Waals surface area contributed by atoms with Crippen LogP contribution < -0.4 is 29.6 Å². The van der Waals surface area contributed by atoms with Crippen LogP contribution >= 0.6 is 0 Å². The standard InChI is InChI=1S/C30H35F3N2O2.C29H33F2NO2.C27H29F3N2O2.C27H29F2NO2/c1-22-15-25(17-27(16-22)30(31,32)33)20-35(19-24-7-11-28(12-8-24)37-21-36)14-13-34-18-23-5-9-26(10-6-23)29(2,3)4;1-22(2)26-11-7-23(8-12-26)6-4-3-5-15-32(20-25-16-27(30)18-28(31)17-25)19-24-9-13-29(14-10-24)34-21-33;1-20-3-5-22(6-4-20)16-31-11-12-32(17-23-7-9-26(10-8-23)34-19-33)18-24-13-21(2)14-25(15-24)27(28,29)30;1-21-6-8-22(9-7-21)5-3-2-4-14-30(19-24-15-25(28)17-26(29)16-24)18-23-10-12-27(13-11-23)32-20-31/h5-12,15-17,21,34H,13-14,18-20H2,1-4H3;7-14,16-18,21-22H,3-6,15,19-20H2,1-2H3;3-10,13-15,19,31H,11-12,16-18H2,1-2H3;6-13,15-17,20H,2-5,14,18-19H2,1H3. The number of rotatable bonds is 47. The van der Waals surface area contributed by atoms with Crippen molar-refractivity contribution >= 4 is 25.9 Å². The molecule has 0 aliphatic heterocycles. The summed E-state index contributed by atoms with van der Waals surface area (Å²) in [5.41, 5.74) is 16.7. The van der Waals surface area contributed by atoms with Gasteiger partial charge in [-0.25, -0.2) is 17.6 Å². The van der Waals surface area contributed by atoms with Crippen LogP contribution in [0.5, 0.6) is 23.0 Å². The Labute approximate surface area is 800 Å². The number of unbranched alkanes of at least 4 members (excludes halogenated alkanes) is 4. The molecule has 0 aromatic heterocycles. The highest BCUT2D eigenvalue weighted by atomic mass is 19.4. The zero-order valence-electron chi connectivity index (χ0n) is 79.6. The molecule has 0 spiro atoms. The number of carbonyl (C=O) groups is 4. The molecule has 0 bridgehead atoms. The van der Waals surface area contributed by atoms with Crippen LogP contribution in [0.25, 0.3) is 0 Å². The van der Waals surface area contributed by atoms with E-state index in [1.807, 2.05) is 55.5 Å². The molecule has 0 saturated heterocycles. The first-order valence-corrected chi connectivity index (χ1v) is 46.2. The third-order valence-corrected chi connectivity index (χ3v) is 22.9. The number of nitrogens with zero attached hydrogens (tertiary/aromatic N) is 4. The second-order valence-electron chi connectivity index (χ2n) is 36.0. The molecule has 726 valence electrons. The minimum absolute atomic E-state index is 0.103. The molecule has 0 radical (unpaired) electrons. The van der Waals surface area contributed by atoms with Crippen molar-refractivity contribution in [3.63, 3.8) is 0 Å². The Morgan fingerprint density at radius 1 is 0.285 bits per heavy atom. The van der Waals surface area contributed by atoms with E-state index in [1.165, 1.54) is 93.0 Å². The van der Waals surface area contributed by atoms with Gasteiger partial charge in [0.05, 0.1) is 11.1 Å². The van der Waals surface area contributed by atoms with Gasteiger partial charge in [-0.3, -0.25) is 38.8 Å². The fraction of sp³-hybridized carbons (Fsp3) is 0.327. The maximum absolute atomic E-state index is 13.7. The molecular weight excluding hydrogens is 1760 g/mol. The smallest absolute Gasteiger partial charge is 0.416 e. The molecule has 0 aliphatic rings.